The Morgan fingerprint density at radius 1 is 0.867 bits per heavy atom. The lowest BCUT2D eigenvalue weighted by molar-refractivity contribution is -0.209. The largest absolute Gasteiger partial charge is 0.393 e. The van der Waals surface area contributed by atoms with Gasteiger partial charge in [-0.1, -0.05) is 24.6 Å². The zero-order valence-corrected chi connectivity index (χ0v) is 27.6. The molecule has 6 aliphatic carbocycles. The monoisotopic (exact) mass is 626 g/mol. The van der Waals surface area contributed by atoms with Crippen molar-refractivity contribution >= 4 is 0 Å². The molecule has 7 fully saturated rings. The van der Waals surface area contributed by atoms with E-state index in [4.69, 9.17) is 18.9 Å². The highest BCUT2D eigenvalue weighted by Gasteiger charge is 2.64. The molecule has 0 aromatic carbocycles. The Labute approximate surface area is 270 Å². The Bertz CT molecular complexity index is 1140. The molecule has 8 aliphatic rings. The molecule has 7 heteroatoms. The number of rotatable bonds is 7. The fourth-order valence-electron chi connectivity index (χ4n) is 11.8. The number of aliphatic hydroxyl groups is 3. The molecule has 0 bridgehead atoms. The predicted molar refractivity (Wildman–Crippen MR) is 170 cm³/mol. The van der Waals surface area contributed by atoms with Crippen LogP contribution in [0.2, 0.25) is 0 Å². The topological polar surface area (TPSA) is 97.6 Å². The average Bonchev–Trinajstić information content (AvgIpc) is 3.75. The molecular weight excluding hydrogens is 568 g/mol. The summed E-state index contributed by atoms with van der Waals surface area (Å²) in [5.74, 6) is 2.06. The van der Waals surface area contributed by atoms with Gasteiger partial charge in [0.15, 0.2) is 12.1 Å². The van der Waals surface area contributed by atoms with Gasteiger partial charge in [0.05, 0.1) is 37.1 Å². The quantitative estimate of drug-likeness (QED) is 0.290. The van der Waals surface area contributed by atoms with Crippen molar-refractivity contribution in [1.82, 2.24) is 0 Å². The minimum atomic E-state index is -0.863. The van der Waals surface area contributed by atoms with Crippen LogP contribution in [0.4, 0.5) is 0 Å². The number of ether oxygens (including phenoxy) is 4. The van der Waals surface area contributed by atoms with Crippen LogP contribution >= 0.6 is 0 Å². The molecule has 4 unspecified atom stereocenters. The molecule has 3 N–H and O–H groups in total. The summed E-state index contributed by atoms with van der Waals surface area (Å²) >= 11 is 0. The summed E-state index contributed by atoms with van der Waals surface area (Å²) in [6.45, 7) is 4.87. The van der Waals surface area contributed by atoms with Crippen molar-refractivity contribution in [1.29, 1.82) is 0 Å². The smallest absolute Gasteiger partial charge is 0.171 e. The van der Waals surface area contributed by atoms with Gasteiger partial charge in [0.2, 0.25) is 0 Å². The van der Waals surface area contributed by atoms with Crippen LogP contribution in [0.5, 0.6) is 0 Å². The third kappa shape index (κ3) is 5.53. The number of hydrogen-bond donors (Lipinski definition) is 3. The van der Waals surface area contributed by atoms with Crippen LogP contribution in [0.1, 0.15) is 116 Å². The second-order valence-electron chi connectivity index (χ2n) is 16.7. The SMILES string of the molecule is C[C@]12C[C@H](C3CCC(C(O)C4CC4)CC3)C3=C4CCC5(C[C@]4(O)CCC3C1CC[C@@]2(O)/C=C\COC1CCCCO1)OCCO5. The number of hydrogen-bond acceptors (Lipinski definition) is 7. The maximum Gasteiger partial charge on any atom is 0.171 e. The maximum atomic E-state index is 12.5. The maximum absolute atomic E-state index is 12.5. The number of fused-ring (bicyclic) bond motifs is 4. The van der Waals surface area contributed by atoms with Gasteiger partial charge in [0, 0.05) is 24.9 Å². The molecule has 252 valence electrons. The van der Waals surface area contributed by atoms with Crippen LogP contribution in [-0.4, -0.2) is 71.1 Å². The van der Waals surface area contributed by atoms with Gasteiger partial charge in [-0.25, -0.2) is 0 Å². The highest BCUT2D eigenvalue weighted by Crippen LogP contribution is 2.68. The van der Waals surface area contributed by atoms with Crippen LogP contribution in [-0.2, 0) is 18.9 Å². The van der Waals surface area contributed by atoms with Gasteiger partial charge in [-0.3, -0.25) is 0 Å². The van der Waals surface area contributed by atoms with Crippen molar-refractivity contribution in [2.75, 3.05) is 26.4 Å². The van der Waals surface area contributed by atoms with Crippen LogP contribution in [0.3, 0.4) is 0 Å². The van der Waals surface area contributed by atoms with E-state index in [-0.39, 0.29) is 17.8 Å². The summed E-state index contributed by atoms with van der Waals surface area (Å²) in [7, 11) is 0. The van der Waals surface area contributed by atoms with Gasteiger partial charge < -0.3 is 34.3 Å². The molecular formula is C38H58O7. The van der Waals surface area contributed by atoms with Crippen molar-refractivity contribution in [3.05, 3.63) is 23.3 Å². The number of aliphatic hydroxyl groups excluding tert-OH is 1. The van der Waals surface area contributed by atoms with Gasteiger partial charge in [-0.05, 0) is 137 Å². The van der Waals surface area contributed by atoms with Crippen molar-refractivity contribution in [2.24, 2.45) is 40.9 Å². The first-order valence-corrected chi connectivity index (χ1v) is 18.8. The summed E-state index contributed by atoms with van der Waals surface area (Å²) in [5.41, 5.74) is 0.932. The minimum Gasteiger partial charge on any atom is -0.393 e. The first-order chi connectivity index (χ1) is 21.7. The van der Waals surface area contributed by atoms with Crippen molar-refractivity contribution < 1.29 is 34.3 Å². The Morgan fingerprint density at radius 2 is 1.62 bits per heavy atom. The summed E-state index contributed by atoms with van der Waals surface area (Å²) in [6.07, 6.45) is 20.7. The van der Waals surface area contributed by atoms with E-state index in [1.165, 1.54) is 18.4 Å². The fraction of sp³-hybridized carbons (Fsp3) is 0.895. The molecule has 2 saturated heterocycles. The van der Waals surface area contributed by atoms with Crippen molar-refractivity contribution in [2.45, 2.75) is 145 Å². The summed E-state index contributed by atoms with van der Waals surface area (Å²) in [5, 5.41) is 35.8. The Morgan fingerprint density at radius 3 is 2.33 bits per heavy atom. The Kier molecular flexibility index (Phi) is 8.36. The van der Waals surface area contributed by atoms with E-state index in [0.717, 1.165) is 96.5 Å². The normalized spacial score (nSPS) is 47.1. The van der Waals surface area contributed by atoms with Gasteiger partial charge >= 0.3 is 0 Å². The van der Waals surface area contributed by atoms with Crippen LogP contribution in [0.25, 0.3) is 0 Å². The van der Waals surface area contributed by atoms with Gasteiger partial charge in [0.25, 0.3) is 0 Å². The zero-order chi connectivity index (χ0) is 30.9. The van der Waals surface area contributed by atoms with Crippen molar-refractivity contribution in [3.63, 3.8) is 0 Å². The van der Waals surface area contributed by atoms with Crippen LogP contribution in [0.15, 0.2) is 23.3 Å². The molecule has 7 nitrogen and oxygen atoms in total. The third-order valence-electron chi connectivity index (χ3n) is 14.4. The lowest BCUT2D eigenvalue weighted by Gasteiger charge is -2.59. The van der Waals surface area contributed by atoms with E-state index >= 15 is 0 Å². The molecule has 0 radical (unpaired) electrons. The molecule has 0 aromatic rings. The first kappa shape index (κ1) is 31.5. The van der Waals surface area contributed by atoms with E-state index in [9.17, 15) is 15.3 Å². The highest BCUT2D eigenvalue weighted by molar-refractivity contribution is 5.39. The molecule has 2 aliphatic heterocycles. The molecule has 45 heavy (non-hydrogen) atoms. The summed E-state index contributed by atoms with van der Waals surface area (Å²) in [4.78, 5) is 0. The molecule has 1 spiro atoms. The van der Waals surface area contributed by atoms with E-state index in [2.05, 4.69) is 19.1 Å². The molecule has 0 amide bonds. The van der Waals surface area contributed by atoms with Gasteiger partial charge in [0.1, 0.15) is 0 Å². The lowest BCUT2D eigenvalue weighted by atomic mass is 9.48. The Balaban J connectivity index is 1.08. The first-order valence-electron chi connectivity index (χ1n) is 18.8. The van der Waals surface area contributed by atoms with E-state index < -0.39 is 17.0 Å². The predicted octanol–water partition coefficient (Wildman–Crippen LogP) is 6.20. The van der Waals surface area contributed by atoms with E-state index in [1.54, 1.807) is 5.57 Å². The van der Waals surface area contributed by atoms with Crippen LogP contribution < -0.4 is 0 Å². The molecule has 0 aromatic heterocycles. The minimum absolute atomic E-state index is 0.123. The van der Waals surface area contributed by atoms with Gasteiger partial charge in [-0.15, -0.1) is 0 Å². The summed E-state index contributed by atoms with van der Waals surface area (Å²) in [6, 6.07) is 0. The zero-order valence-electron chi connectivity index (χ0n) is 27.6. The van der Waals surface area contributed by atoms with E-state index in [0.29, 0.717) is 61.7 Å². The summed E-state index contributed by atoms with van der Waals surface area (Å²) < 4.78 is 24.1. The second-order valence-corrected chi connectivity index (χ2v) is 16.7. The second kappa shape index (κ2) is 12.0. The molecule has 8 atom stereocenters. The lowest BCUT2D eigenvalue weighted by Crippen LogP contribution is -2.56. The average molecular weight is 627 g/mol. The fourth-order valence-corrected chi connectivity index (χ4v) is 11.8. The highest BCUT2D eigenvalue weighted by atomic mass is 16.7. The number of allylic oxidation sites excluding steroid dienone is 1. The molecule has 5 saturated carbocycles. The Hall–Kier alpha value is -0.800. The third-order valence-corrected chi connectivity index (χ3v) is 14.4. The van der Waals surface area contributed by atoms with E-state index in [1.807, 2.05) is 0 Å². The molecule has 8 rings (SSSR count). The van der Waals surface area contributed by atoms with Gasteiger partial charge in [-0.2, -0.15) is 0 Å². The molecule has 2 heterocycles. The van der Waals surface area contributed by atoms with Crippen molar-refractivity contribution in [3.8, 4) is 0 Å². The van der Waals surface area contributed by atoms with Crippen LogP contribution in [0, 0.1) is 40.9 Å². The standard InChI is InChI=1S/C38H58O7/c1-35-23-29(25-6-8-26(9-7-25)34(39)27-10-11-27)33-28(12-16-36(40)24-38(18-14-31(33)36)44-21-22-45-38)30(35)13-17-37(35,41)15-4-20-43-32-5-2-3-19-42-32/h4,15,25-30,32,34,39-41H,2-3,5-14,16-24H2,1H3/b15-4-/t25?,26?,28?,29-,30?,32?,34?,35+,36-,37+/m1/s1.